The van der Waals surface area contributed by atoms with E-state index in [-0.39, 0.29) is 0 Å². The van der Waals surface area contributed by atoms with Crippen molar-refractivity contribution in [3.8, 4) is 55.6 Å². The number of anilines is 3. The quantitative estimate of drug-likeness (QED) is 0.151. The molecule has 0 bridgehead atoms. The lowest BCUT2D eigenvalue weighted by atomic mass is 9.89. The van der Waals surface area contributed by atoms with E-state index in [9.17, 15) is 0 Å². The average Bonchev–Trinajstić information content (AvgIpc) is 3.30. The first-order valence-electron chi connectivity index (χ1n) is 19.6. The molecule has 268 valence electrons. The molecule has 0 heterocycles. The molecule has 0 N–H and O–H groups in total. The third-order valence-corrected chi connectivity index (χ3v) is 11.1. The van der Waals surface area contributed by atoms with Crippen LogP contribution in [-0.2, 0) is 0 Å². The van der Waals surface area contributed by atoms with Crippen LogP contribution in [0.4, 0.5) is 17.1 Å². The number of fused-ring (bicyclic) bond motifs is 2. The van der Waals surface area contributed by atoms with Crippen molar-refractivity contribution < 1.29 is 0 Å². The predicted octanol–water partition coefficient (Wildman–Crippen LogP) is 15.8. The first-order chi connectivity index (χ1) is 28.3. The molecule has 0 aliphatic rings. The summed E-state index contributed by atoms with van der Waals surface area (Å²) in [5.41, 5.74) is 15.4. The van der Waals surface area contributed by atoms with Gasteiger partial charge in [0.2, 0.25) is 0 Å². The number of para-hydroxylation sites is 1. The van der Waals surface area contributed by atoms with Crippen molar-refractivity contribution in [2.45, 2.75) is 0 Å². The fraction of sp³-hybridized carbons (Fsp3) is 0. The van der Waals surface area contributed by atoms with Crippen molar-refractivity contribution in [1.29, 1.82) is 0 Å². The van der Waals surface area contributed by atoms with Crippen LogP contribution in [0.2, 0.25) is 0 Å². The largest absolute Gasteiger partial charge is 0.310 e. The maximum absolute atomic E-state index is 2.39. The second-order valence-corrected chi connectivity index (χ2v) is 14.5. The predicted molar refractivity (Wildman–Crippen MR) is 243 cm³/mol. The standard InChI is InChI=1S/C56H39N/c1-3-15-42(16-4-1)52-25-11-12-28-55(52)57(48-34-29-40(30-35-48)46-22-13-23-47(39-46)51-27-14-21-41-19-7-9-24-50(41)51)49-36-31-45(32-37-49)56-53-26-10-8-20-44(53)33-38-54(56)43-17-5-2-6-18-43/h1-39H. The van der Waals surface area contributed by atoms with Gasteiger partial charge >= 0.3 is 0 Å². The smallest absolute Gasteiger partial charge is 0.0540 e. The van der Waals surface area contributed by atoms with Crippen molar-refractivity contribution >= 4 is 38.6 Å². The van der Waals surface area contributed by atoms with Crippen LogP contribution >= 0.6 is 0 Å². The van der Waals surface area contributed by atoms with Gasteiger partial charge in [-0.15, -0.1) is 0 Å². The lowest BCUT2D eigenvalue weighted by molar-refractivity contribution is 1.28. The summed E-state index contributed by atoms with van der Waals surface area (Å²) in [5.74, 6) is 0. The fourth-order valence-electron chi connectivity index (χ4n) is 8.32. The van der Waals surface area contributed by atoms with Gasteiger partial charge in [-0.05, 0) is 108 Å². The van der Waals surface area contributed by atoms with Gasteiger partial charge in [-0.3, -0.25) is 0 Å². The van der Waals surface area contributed by atoms with Crippen LogP contribution in [-0.4, -0.2) is 0 Å². The van der Waals surface area contributed by atoms with E-state index < -0.39 is 0 Å². The third kappa shape index (κ3) is 6.56. The van der Waals surface area contributed by atoms with Gasteiger partial charge in [0.15, 0.2) is 0 Å². The number of hydrogen-bond acceptors (Lipinski definition) is 1. The number of rotatable bonds is 8. The number of benzene rings is 10. The molecule has 0 radical (unpaired) electrons. The molecule has 1 nitrogen and oxygen atoms in total. The lowest BCUT2D eigenvalue weighted by Crippen LogP contribution is -2.11. The van der Waals surface area contributed by atoms with Crippen molar-refractivity contribution in [1.82, 2.24) is 0 Å². The van der Waals surface area contributed by atoms with Crippen LogP contribution in [0.1, 0.15) is 0 Å². The van der Waals surface area contributed by atoms with Crippen LogP contribution in [0.15, 0.2) is 237 Å². The Balaban J connectivity index is 1.08. The van der Waals surface area contributed by atoms with Crippen molar-refractivity contribution in [3.63, 3.8) is 0 Å². The summed E-state index contributed by atoms with van der Waals surface area (Å²) in [6.45, 7) is 0. The van der Waals surface area contributed by atoms with E-state index in [4.69, 9.17) is 0 Å². The molecule has 0 unspecified atom stereocenters. The molecule has 0 amide bonds. The minimum absolute atomic E-state index is 1.09. The van der Waals surface area contributed by atoms with E-state index in [1.54, 1.807) is 0 Å². The summed E-state index contributed by atoms with van der Waals surface area (Å²) in [6.07, 6.45) is 0. The summed E-state index contributed by atoms with van der Waals surface area (Å²) in [4.78, 5) is 2.39. The molecular weight excluding hydrogens is 687 g/mol. The molecule has 10 aromatic carbocycles. The summed E-state index contributed by atoms with van der Waals surface area (Å²) in [6, 6.07) is 85.6. The van der Waals surface area contributed by atoms with E-state index in [1.807, 2.05) is 0 Å². The Labute approximate surface area is 334 Å². The Morgan fingerprint density at radius 1 is 0.246 bits per heavy atom. The summed E-state index contributed by atoms with van der Waals surface area (Å²) < 4.78 is 0. The van der Waals surface area contributed by atoms with E-state index in [0.717, 1.165) is 17.1 Å². The second-order valence-electron chi connectivity index (χ2n) is 14.5. The third-order valence-electron chi connectivity index (χ3n) is 11.1. The van der Waals surface area contributed by atoms with E-state index in [0.29, 0.717) is 0 Å². The molecule has 0 fully saturated rings. The molecule has 0 spiro atoms. The van der Waals surface area contributed by atoms with E-state index >= 15 is 0 Å². The molecule has 0 aromatic heterocycles. The highest BCUT2D eigenvalue weighted by Gasteiger charge is 2.19. The van der Waals surface area contributed by atoms with Gasteiger partial charge < -0.3 is 4.90 Å². The average molecular weight is 726 g/mol. The second kappa shape index (κ2) is 15.0. The lowest BCUT2D eigenvalue weighted by Gasteiger charge is -2.28. The van der Waals surface area contributed by atoms with Crippen LogP contribution in [0.3, 0.4) is 0 Å². The number of nitrogens with zero attached hydrogens (tertiary/aromatic N) is 1. The normalized spacial score (nSPS) is 11.2. The molecule has 0 aliphatic heterocycles. The molecule has 57 heavy (non-hydrogen) atoms. The maximum Gasteiger partial charge on any atom is 0.0540 e. The van der Waals surface area contributed by atoms with Crippen molar-refractivity contribution in [3.05, 3.63) is 237 Å². The van der Waals surface area contributed by atoms with E-state index in [2.05, 4.69) is 241 Å². The highest BCUT2D eigenvalue weighted by Crippen LogP contribution is 2.44. The zero-order valence-electron chi connectivity index (χ0n) is 31.5. The van der Waals surface area contributed by atoms with Crippen LogP contribution in [0.5, 0.6) is 0 Å². The van der Waals surface area contributed by atoms with Gasteiger partial charge in [0.05, 0.1) is 5.69 Å². The van der Waals surface area contributed by atoms with Crippen molar-refractivity contribution in [2.75, 3.05) is 4.90 Å². The van der Waals surface area contributed by atoms with Gasteiger partial charge in [-0.1, -0.05) is 200 Å². The highest BCUT2D eigenvalue weighted by molar-refractivity contribution is 6.04. The van der Waals surface area contributed by atoms with Crippen molar-refractivity contribution in [2.24, 2.45) is 0 Å². The first kappa shape index (κ1) is 34.0. The maximum atomic E-state index is 2.39. The van der Waals surface area contributed by atoms with E-state index in [1.165, 1.54) is 77.2 Å². The van der Waals surface area contributed by atoms with Gasteiger partial charge in [0.25, 0.3) is 0 Å². The molecule has 10 aromatic rings. The molecule has 0 saturated carbocycles. The molecular formula is C56H39N. The SMILES string of the molecule is c1ccc(-c2ccccc2N(c2ccc(-c3cccc(-c4cccc5ccccc45)c3)cc2)c2ccc(-c3c(-c4ccccc4)ccc4ccccc34)cc2)cc1. The summed E-state index contributed by atoms with van der Waals surface area (Å²) in [5, 5.41) is 5.00. The van der Waals surface area contributed by atoms with Gasteiger partial charge in [-0.2, -0.15) is 0 Å². The van der Waals surface area contributed by atoms with Crippen LogP contribution in [0, 0.1) is 0 Å². The van der Waals surface area contributed by atoms with Crippen LogP contribution in [0.25, 0.3) is 77.2 Å². The minimum atomic E-state index is 1.09. The Morgan fingerprint density at radius 2 is 0.737 bits per heavy atom. The summed E-state index contributed by atoms with van der Waals surface area (Å²) in [7, 11) is 0. The molecule has 0 aliphatic carbocycles. The summed E-state index contributed by atoms with van der Waals surface area (Å²) >= 11 is 0. The van der Waals surface area contributed by atoms with Crippen LogP contribution < -0.4 is 4.90 Å². The minimum Gasteiger partial charge on any atom is -0.310 e. The molecule has 1 heteroatoms. The topological polar surface area (TPSA) is 3.24 Å². The Kier molecular flexibility index (Phi) is 8.95. The van der Waals surface area contributed by atoms with Gasteiger partial charge in [0, 0.05) is 16.9 Å². The Hall–Kier alpha value is -7.48. The highest BCUT2D eigenvalue weighted by atomic mass is 15.1. The number of hydrogen-bond donors (Lipinski definition) is 0. The Bertz CT molecular complexity index is 2980. The Morgan fingerprint density at radius 3 is 1.46 bits per heavy atom. The zero-order valence-corrected chi connectivity index (χ0v) is 31.5. The first-order valence-corrected chi connectivity index (χ1v) is 19.6. The molecule has 0 saturated heterocycles. The zero-order chi connectivity index (χ0) is 38.0. The monoisotopic (exact) mass is 725 g/mol. The fourth-order valence-corrected chi connectivity index (χ4v) is 8.32. The van der Waals surface area contributed by atoms with Gasteiger partial charge in [0.1, 0.15) is 0 Å². The molecule has 10 rings (SSSR count). The van der Waals surface area contributed by atoms with Gasteiger partial charge in [-0.25, -0.2) is 0 Å². The molecule has 0 atom stereocenters.